The second-order valence-corrected chi connectivity index (χ2v) is 7.79. The first-order chi connectivity index (χ1) is 10.9. The highest BCUT2D eigenvalue weighted by molar-refractivity contribution is 7.99. The maximum Gasteiger partial charge on any atom is 0.230 e. The number of thioether (sulfide) groups is 1. The number of rotatable bonds is 6. The molecule has 24 heavy (non-hydrogen) atoms. The second kappa shape index (κ2) is 9.44. The van der Waals surface area contributed by atoms with Crippen LogP contribution in [0.25, 0.3) is 0 Å². The monoisotopic (exact) mass is 373 g/mol. The Labute approximate surface area is 154 Å². The number of amides is 1. The number of aromatic nitrogens is 3. The third-order valence-electron chi connectivity index (χ3n) is 3.61. The Hall–Kier alpha value is -1.05. The lowest BCUT2D eigenvalue weighted by molar-refractivity contribution is -0.119. The first-order valence-corrected chi connectivity index (χ1v) is 9.08. The van der Waals surface area contributed by atoms with Gasteiger partial charge in [0.1, 0.15) is 5.82 Å². The maximum atomic E-state index is 12.0. The zero-order valence-corrected chi connectivity index (χ0v) is 16.3. The fourth-order valence-corrected chi connectivity index (χ4v) is 3.43. The third kappa shape index (κ3) is 6.11. The Morgan fingerprint density at radius 2 is 2.08 bits per heavy atom. The van der Waals surface area contributed by atoms with Gasteiger partial charge in [0.05, 0.1) is 5.75 Å². The van der Waals surface area contributed by atoms with Crippen molar-refractivity contribution in [1.29, 1.82) is 0 Å². The van der Waals surface area contributed by atoms with Gasteiger partial charge in [0.15, 0.2) is 5.16 Å². The van der Waals surface area contributed by atoms with E-state index < -0.39 is 0 Å². The van der Waals surface area contributed by atoms with Crippen LogP contribution in [-0.2, 0) is 11.3 Å². The summed E-state index contributed by atoms with van der Waals surface area (Å²) in [6.45, 7) is 12.5. The molecule has 0 radical (unpaired) electrons. The normalized spacial score (nSPS) is 15.6. The molecule has 0 aromatic carbocycles. The Bertz CT molecular complexity index is 549. The standard InChI is InChI=1S/C16H27N5OS.ClH/c1-5-10-21-14(12-6-8-17-9-7-12)19-20-15(21)23-11-13(22)18-16(2,3)4;/h5,12,17H,1,6-11H2,2-4H3,(H,18,22);1H. The van der Waals surface area contributed by atoms with Crippen molar-refractivity contribution in [2.75, 3.05) is 18.8 Å². The van der Waals surface area contributed by atoms with Gasteiger partial charge in [-0.2, -0.15) is 0 Å². The van der Waals surface area contributed by atoms with Crippen LogP contribution in [0.3, 0.4) is 0 Å². The van der Waals surface area contributed by atoms with Crippen molar-refractivity contribution in [3.63, 3.8) is 0 Å². The highest BCUT2D eigenvalue weighted by Gasteiger charge is 2.23. The van der Waals surface area contributed by atoms with Gasteiger partial charge in [0.25, 0.3) is 0 Å². The predicted octanol–water partition coefficient (Wildman–Crippen LogP) is 2.36. The first kappa shape index (κ1) is 21.0. The van der Waals surface area contributed by atoms with Crippen LogP contribution in [0.1, 0.15) is 45.4 Å². The number of nitrogens with zero attached hydrogens (tertiary/aromatic N) is 3. The Kier molecular flexibility index (Phi) is 8.26. The van der Waals surface area contributed by atoms with Gasteiger partial charge in [-0.25, -0.2) is 0 Å². The van der Waals surface area contributed by atoms with Crippen LogP contribution in [0, 0.1) is 0 Å². The summed E-state index contributed by atoms with van der Waals surface area (Å²) in [5.41, 5.74) is -0.216. The molecule has 136 valence electrons. The number of nitrogens with one attached hydrogen (secondary N) is 2. The lowest BCUT2D eigenvalue weighted by Gasteiger charge is -2.22. The summed E-state index contributed by atoms with van der Waals surface area (Å²) in [6, 6.07) is 0. The van der Waals surface area contributed by atoms with E-state index in [9.17, 15) is 4.79 Å². The number of hydrogen-bond donors (Lipinski definition) is 2. The molecule has 0 bridgehead atoms. The molecule has 1 aromatic rings. The summed E-state index contributed by atoms with van der Waals surface area (Å²) in [6.07, 6.45) is 4.00. The molecule has 8 heteroatoms. The van der Waals surface area contributed by atoms with Gasteiger partial charge in [-0.15, -0.1) is 29.2 Å². The van der Waals surface area contributed by atoms with Gasteiger partial charge in [-0.05, 0) is 46.7 Å². The van der Waals surface area contributed by atoms with Gasteiger partial charge in [-0.1, -0.05) is 17.8 Å². The third-order valence-corrected chi connectivity index (χ3v) is 4.57. The maximum absolute atomic E-state index is 12.0. The van der Waals surface area contributed by atoms with Gasteiger partial charge in [0.2, 0.25) is 5.91 Å². The molecule has 0 spiro atoms. The Balaban J connectivity index is 0.00000288. The van der Waals surface area contributed by atoms with Crippen LogP contribution < -0.4 is 10.6 Å². The molecular weight excluding hydrogens is 346 g/mol. The number of halogens is 1. The average Bonchev–Trinajstić information content (AvgIpc) is 2.88. The molecule has 0 unspecified atom stereocenters. The molecule has 2 heterocycles. The molecule has 1 saturated heterocycles. The lowest BCUT2D eigenvalue weighted by Crippen LogP contribution is -2.41. The number of hydrogen-bond acceptors (Lipinski definition) is 5. The van der Waals surface area contributed by atoms with Crippen LogP contribution in [0.15, 0.2) is 17.8 Å². The number of allylic oxidation sites excluding steroid dienone is 1. The van der Waals surface area contributed by atoms with Crippen LogP contribution in [-0.4, -0.2) is 45.1 Å². The average molecular weight is 374 g/mol. The van der Waals surface area contributed by atoms with Gasteiger partial charge in [0, 0.05) is 18.0 Å². The minimum atomic E-state index is -0.216. The van der Waals surface area contributed by atoms with E-state index >= 15 is 0 Å². The molecule has 2 rings (SSSR count). The van der Waals surface area contributed by atoms with Gasteiger partial charge >= 0.3 is 0 Å². The Morgan fingerprint density at radius 1 is 1.42 bits per heavy atom. The van der Waals surface area contributed by atoms with Crippen molar-refractivity contribution in [1.82, 2.24) is 25.4 Å². The quantitative estimate of drug-likeness (QED) is 0.591. The second-order valence-electron chi connectivity index (χ2n) is 6.85. The van der Waals surface area contributed by atoms with Crippen molar-refractivity contribution in [3.05, 3.63) is 18.5 Å². The fraction of sp³-hybridized carbons (Fsp3) is 0.688. The smallest absolute Gasteiger partial charge is 0.230 e. The topological polar surface area (TPSA) is 71.8 Å². The van der Waals surface area contributed by atoms with Crippen LogP contribution in [0.5, 0.6) is 0 Å². The van der Waals surface area contributed by atoms with Crippen LogP contribution >= 0.6 is 24.2 Å². The summed E-state index contributed by atoms with van der Waals surface area (Å²) >= 11 is 1.43. The van der Waals surface area contributed by atoms with Crippen molar-refractivity contribution in [2.24, 2.45) is 0 Å². The minimum Gasteiger partial charge on any atom is -0.351 e. The molecule has 1 aliphatic rings. The molecule has 0 saturated carbocycles. The summed E-state index contributed by atoms with van der Waals surface area (Å²) in [5, 5.41) is 15.8. The van der Waals surface area contributed by atoms with E-state index in [0.717, 1.165) is 36.9 Å². The summed E-state index contributed by atoms with van der Waals surface area (Å²) < 4.78 is 2.10. The van der Waals surface area contributed by atoms with E-state index in [0.29, 0.717) is 18.2 Å². The van der Waals surface area contributed by atoms with E-state index in [1.165, 1.54) is 11.8 Å². The van der Waals surface area contributed by atoms with Gasteiger partial charge < -0.3 is 15.2 Å². The molecule has 0 aliphatic carbocycles. The Morgan fingerprint density at radius 3 is 2.67 bits per heavy atom. The van der Waals surface area contributed by atoms with E-state index in [1.807, 2.05) is 26.8 Å². The molecule has 2 N–H and O–H groups in total. The van der Waals surface area contributed by atoms with Crippen molar-refractivity contribution < 1.29 is 4.79 Å². The minimum absolute atomic E-state index is 0. The molecule has 1 amide bonds. The highest BCUT2D eigenvalue weighted by Crippen LogP contribution is 2.27. The molecule has 1 aliphatic heterocycles. The summed E-state index contributed by atoms with van der Waals surface area (Å²) in [4.78, 5) is 12.0. The number of carbonyl (C=O) groups excluding carboxylic acids is 1. The van der Waals surface area contributed by atoms with E-state index in [-0.39, 0.29) is 23.9 Å². The molecular formula is C16H28ClN5OS. The van der Waals surface area contributed by atoms with Crippen molar-refractivity contribution >= 4 is 30.1 Å². The summed E-state index contributed by atoms with van der Waals surface area (Å²) in [7, 11) is 0. The number of carbonyl (C=O) groups is 1. The molecule has 6 nitrogen and oxygen atoms in total. The summed E-state index contributed by atoms with van der Waals surface area (Å²) in [5.74, 6) is 1.81. The first-order valence-electron chi connectivity index (χ1n) is 8.09. The molecule has 0 atom stereocenters. The van der Waals surface area contributed by atoms with Crippen molar-refractivity contribution in [2.45, 2.75) is 56.8 Å². The number of piperidine rings is 1. The van der Waals surface area contributed by atoms with Gasteiger partial charge in [-0.3, -0.25) is 4.79 Å². The van der Waals surface area contributed by atoms with E-state index in [4.69, 9.17) is 0 Å². The van der Waals surface area contributed by atoms with E-state index in [2.05, 4.69) is 32.0 Å². The van der Waals surface area contributed by atoms with E-state index in [1.54, 1.807) is 0 Å². The predicted molar refractivity (Wildman–Crippen MR) is 101 cm³/mol. The van der Waals surface area contributed by atoms with Crippen LogP contribution in [0.2, 0.25) is 0 Å². The SMILES string of the molecule is C=CCn1c(SCC(=O)NC(C)(C)C)nnc1C1CCNCC1.Cl. The zero-order chi connectivity index (χ0) is 16.9. The zero-order valence-electron chi connectivity index (χ0n) is 14.7. The molecule has 1 aromatic heterocycles. The van der Waals surface area contributed by atoms with Crippen LogP contribution in [0.4, 0.5) is 0 Å². The largest absolute Gasteiger partial charge is 0.351 e. The molecule has 1 fully saturated rings. The van der Waals surface area contributed by atoms with Crippen molar-refractivity contribution in [3.8, 4) is 0 Å². The lowest BCUT2D eigenvalue weighted by atomic mass is 9.97. The fourth-order valence-electron chi connectivity index (χ4n) is 2.67. The highest BCUT2D eigenvalue weighted by atomic mass is 35.5.